The Morgan fingerprint density at radius 2 is 1.88 bits per heavy atom. The van der Waals surface area contributed by atoms with Crippen LogP contribution in [0.5, 0.6) is 0 Å². The first kappa shape index (κ1) is 18.1. The van der Waals surface area contributed by atoms with Gasteiger partial charge in [0.15, 0.2) is 0 Å². The first-order valence-electron chi connectivity index (χ1n) is 7.65. The summed E-state index contributed by atoms with van der Waals surface area (Å²) in [5.74, 6) is -0.200. The van der Waals surface area contributed by atoms with Gasteiger partial charge in [0, 0.05) is 6.54 Å². The second kappa shape index (κ2) is 6.70. The predicted molar refractivity (Wildman–Crippen MR) is 81.9 cm³/mol. The van der Waals surface area contributed by atoms with E-state index in [2.05, 4.69) is 5.32 Å². The van der Waals surface area contributed by atoms with Crippen molar-refractivity contribution in [2.45, 2.75) is 38.5 Å². The standard InChI is InChI=1S/C16H20F3N3O2/c1-9-7-8-22(14(23)10(2)21-15(20)24)13(9)11-3-5-12(6-4-11)16(17,18)19/h3-6,9-10,13H,7-8H2,1-2H3,(H3,20,21,24). The van der Waals surface area contributed by atoms with Crippen molar-refractivity contribution in [3.8, 4) is 0 Å². The van der Waals surface area contributed by atoms with Gasteiger partial charge in [-0.1, -0.05) is 19.1 Å². The van der Waals surface area contributed by atoms with Crippen molar-refractivity contribution in [2.24, 2.45) is 11.7 Å². The number of alkyl halides is 3. The van der Waals surface area contributed by atoms with Crippen LogP contribution in [0.15, 0.2) is 24.3 Å². The third kappa shape index (κ3) is 3.80. The van der Waals surface area contributed by atoms with E-state index >= 15 is 0 Å². The maximum atomic E-state index is 12.7. The van der Waals surface area contributed by atoms with E-state index in [0.717, 1.165) is 18.6 Å². The van der Waals surface area contributed by atoms with Crippen LogP contribution in [-0.2, 0) is 11.0 Å². The zero-order valence-electron chi connectivity index (χ0n) is 13.4. The van der Waals surface area contributed by atoms with Crippen molar-refractivity contribution in [3.05, 3.63) is 35.4 Å². The number of nitrogens with one attached hydrogen (secondary N) is 1. The van der Waals surface area contributed by atoms with Gasteiger partial charge in [-0.2, -0.15) is 13.2 Å². The van der Waals surface area contributed by atoms with Crippen LogP contribution >= 0.6 is 0 Å². The summed E-state index contributed by atoms with van der Waals surface area (Å²) in [7, 11) is 0. The Labute approximate surface area is 138 Å². The third-order valence-electron chi connectivity index (χ3n) is 4.29. The lowest BCUT2D eigenvalue weighted by Crippen LogP contribution is -2.48. The van der Waals surface area contributed by atoms with E-state index in [4.69, 9.17) is 5.73 Å². The molecule has 8 heteroatoms. The molecule has 0 bridgehead atoms. The van der Waals surface area contributed by atoms with Crippen molar-refractivity contribution in [1.29, 1.82) is 0 Å². The van der Waals surface area contributed by atoms with Crippen LogP contribution in [0.4, 0.5) is 18.0 Å². The highest BCUT2D eigenvalue weighted by molar-refractivity contribution is 5.86. The molecule has 0 aromatic heterocycles. The molecule has 0 aliphatic carbocycles. The normalized spacial score (nSPS) is 22.3. The fraction of sp³-hybridized carbons (Fsp3) is 0.500. The number of carbonyl (C=O) groups excluding carboxylic acids is 2. The summed E-state index contributed by atoms with van der Waals surface area (Å²) in [6, 6.07) is 2.95. The highest BCUT2D eigenvalue weighted by Gasteiger charge is 2.38. The van der Waals surface area contributed by atoms with E-state index in [1.54, 1.807) is 4.90 Å². The molecule has 3 amide bonds. The van der Waals surface area contributed by atoms with Gasteiger partial charge in [-0.3, -0.25) is 4.79 Å². The van der Waals surface area contributed by atoms with Crippen LogP contribution in [0.25, 0.3) is 0 Å². The number of carbonyl (C=O) groups is 2. The van der Waals surface area contributed by atoms with Gasteiger partial charge in [0.1, 0.15) is 6.04 Å². The molecule has 1 aliphatic heterocycles. The summed E-state index contributed by atoms with van der Waals surface area (Å²) >= 11 is 0. The molecule has 24 heavy (non-hydrogen) atoms. The maximum absolute atomic E-state index is 12.7. The van der Waals surface area contributed by atoms with Crippen LogP contribution in [0.3, 0.4) is 0 Å². The molecule has 5 nitrogen and oxygen atoms in total. The summed E-state index contributed by atoms with van der Waals surface area (Å²) < 4.78 is 38.1. The largest absolute Gasteiger partial charge is 0.416 e. The molecule has 1 aliphatic rings. The number of likely N-dealkylation sites (tertiary alicyclic amines) is 1. The summed E-state index contributed by atoms with van der Waals surface area (Å²) in [5.41, 5.74) is 4.96. The Morgan fingerprint density at radius 3 is 2.38 bits per heavy atom. The number of hydrogen-bond acceptors (Lipinski definition) is 2. The SMILES string of the molecule is CC(NC(N)=O)C(=O)N1CCC(C)C1c1ccc(C(F)(F)F)cc1. The number of benzene rings is 1. The molecule has 3 atom stereocenters. The van der Waals surface area contributed by atoms with Gasteiger partial charge in [0.25, 0.3) is 0 Å². The van der Waals surface area contributed by atoms with Gasteiger partial charge in [-0.25, -0.2) is 4.79 Å². The second-order valence-corrected chi connectivity index (χ2v) is 6.09. The number of nitrogens with two attached hydrogens (primary N) is 1. The lowest BCUT2D eigenvalue weighted by atomic mass is 9.94. The molecule has 1 aromatic rings. The quantitative estimate of drug-likeness (QED) is 0.885. The number of primary amides is 1. The lowest BCUT2D eigenvalue weighted by molar-refractivity contribution is -0.138. The third-order valence-corrected chi connectivity index (χ3v) is 4.29. The van der Waals surface area contributed by atoms with E-state index in [1.165, 1.54) is 19.1 Å². The van der Waals surface area contributed by atoms with Crippen LogP contribution in [0, 0.1) is 5.92 Å². The average Bonchev–Trinajstić information content (AvgIpc) is 2.86. The van der Waals surface area contributed by atoms with E-state index in [9.17, 15) is 22.8 Å². The van der Waals surface area contributed by atoms with Gasteiger partial charge in [0.05, 0.1) is 11.6 Å². The molecule has 132 valence electrons. The second-order valence-electron chi connectivity index (χ2n) is 6.09. The molecule has 0 radical (unpaired) electrons. The summed E-state index contributed by atoms with van der Waals surface area (Å²) in [4.78, 5) is 25.0. The average molecular weight is 343 g/mol. The summed E-state index contributed by atoms with van der Waals surface area (Å²) in [6.07, 6.45) is -3.66. The number of urea groups is 1. The molecule has 0 saturated carbocycles. The summed E-state index contributed by atoms with van der Waals surface area (Å²) in [5, 5.41) is 2.33. The van der Waals surface area contributed by atoms with Crippen LogP contribution < -0.4 is 11.1 Å². The summed E-state index contributed by atoms with van der Waals surface area (Å²) in [6.45, 7) is 3.96. The first-order chi connectivity index (χ1) is 11.1. The van der Waals surface area contributed by atoms with Gasteiger partial charge >= 0.3 is 12.2 Å². The highest BCUT2D eigenvalue weighted by Crippen LogP contribution is 2.38. The zero-order valence-corrected chi connectivity index (χ0v) is 13.4. The smallest absolute Gasteiger partial charge is 0.352 e. The van der Waals surface area contributed by atoms with Gasteiger partial charge < -0.3 is 16.0 Å². The van der Waals surface area contributed by atoms with Crippen molar-refractivity contribution in [1.82, 2.24) is 10.2 Å². The molecule has 3 unspecified atom stereocenters. The Hall–Kier alpha value is -2.25. The topological polar surface area (TPSA) is 75.4 Å². The first-order valence-corrected chi connectivity index (χ1v) is 7.65. The number of hydrogen-bond donors (Lipinski definition) is 2. The number of rotatable bonds is 3. The molecule has 1 aromatic carbocycles. The minimum Gasteiger partial charge on any atom is -0.352 e. The van der Waals surface area contributed by atoms with Crippen LogP contribution in [0.1, 0.15) is 37.4 Å². The molecule has 0 spiro atoms. The minimum atomic E-state index is -4.39. The van der Waals surface area contributed by atoms with E-state index in [1.807, 2.05) is 6.92 Å². The Balaban J connectivity index is 2.23. The monoisotopic (exact) mass is 343 g/mol. The van der Waals surface area contributed by atoms with Crippen molar-refractivity contribution in [2.75, 3.05) is 6.54 Å². The van der Waals surface area contributed by atoms with Gasteiger partial charge in [0.2, 0.25) is 5.91 Å². The Morgan fingerprint density at radius 1 is 1.29 bits per heavy atom. The van der Waals surface area contributed by atoms with Gasteiger partial charge in [-0.05, 0) is 37.0 Å². The fourth-order valence-electron chi connectivity index (χ4n) is 3.10. The van der Waals surface area contributed by atoms with E-state index < -0.39 is 23.8 Å². The predicted octanol–water partition coefficient (Wildman–Crippen LogP) is 2.67. The number of nitrogens with zero attached hydrogens (tertiary/aromatic N) is 1. The zero-order chi connectivity index (χ0) is 18.1. The van der Waals surface area contributed by atoms with Crippen molar-refractivity contribution in [3.63, 3.8) is 0 Å². The molecular formula is C16H20F3N3O2. The molecule has 2 rings (SSSR count). The fourth-order valence-corrected chi connectivity index (χ4v) is 3.10. The molecule has 1 saturated heterocycles. The highest BCUT2D eigenvalue weighted by atomic mass is 19.4. The number of amides is 3. The van der Waals surface area contributed by atoms with E-state index in [0.29, 0.717) is 12.1 Å². The van der Waals surface area contributed by atoms with Crippen molar-refractivity contribution >= 4 is 11.9 Å². The number of halogens is 3. The Bertz CT molecular complexity index is 616. The van der Waals surface area contributed by atoms with Crippen LogP contribution in [-0.4, -0.2) is 29.4 Å². The molecule has 1 fully saturated rings. The minimum absolute atomic E-state index is 0.103. The maximum Gasteiger partial charge on any atom is 0.416 e. The van der Waals surface area contributed by atoms with Crippen LogP contribution in [0.2, 0.25) is 0 Å². The van der Waals surface area contributed by atoms with E-state index in [-0.39, 0.29) is 17.9 Å². The molecule has 1 heterocycles. The molecular weight excluding hydrogens is 323 g/mol. The lowest BCUT2D eigenvalue weighted by Gasteiger charge is -2.30. The molecule has 3 N–H and O–H groups in total. The van der Waals surface area contributed by atoms with Crippen molar-refractivity contribution < 1.29 is 22.8 Å². The van der Waals surface area contributed by atoms with Gasteiger partial charge in [-0.15, -0.1) is 0 Å². The Kier molecular flexibility index (Phi) is 5.05.